The van der Waals surface area contributed by atoms with E-state index in [9.17, 15) is 9.59 Å². The number of carbonyl (C=O) groups excluding carboxylic acids is 2. The van der Waals surface area contributed by atoms with Crippen LogP contribution in [0.25, 0.3) is 0 Å². The molecule has 5 rings (SSSR count). The number of aromatic nitrogens is 1. The minimum absolute atomic E-state index is 0.113. The van der Waals surface area contributed by atoms with E-state index in [1.54, 1.807) is 36.5 Å². The topological polar surface area (TPSA) is 86.8 Å². The standard InChI is InChI=1S/C24H23N5O3/c30-22(16-28-11-13-29(14-12-28)18-5-2-1-3-6-18)26-17-8-9-21-19(15-17)23(31)27-20-7-4-10-25-24(20)32-21/h1-10,15H,11-14,16H2,(H,26,30)(H,27,31). The van der Waals surface area contributed by atoms with Gasteiger partial charge in [-0.3, -0.25) is 14.5 Å². The predicted molar refractivity (Wildman–Crippen MR) is 122 cm³/mol. The average molecular weight is 429 g/mol. The number of para-hydroxylation sites is 1. The molecule has 0 bridgehead atoms. The fraction of sp³-hybridized carbons (Fsp3) is 0.208. The van der Waals surface area contributed by atoms with Crippen LogP contribution in [0, 0.1) is 0 Å². The Morgan fingerprint density at radius 3 is 2.66 bits per heavy atom. The van der Waals surface area contributed by atoms with Gasteiger partial charge in [-0.15, -0.1) is 0 Å². The lowest BCUT2D eigenvalue weighted by atomic mass is 10.1. The van der Waals surface area contributed by atoms with Crippen molar-refractivity contribution in [2.75, 3.05) is 48.3 Å². The van der Waals surface area contributed by atoms with Crippen molar-refractivity contribution in [3.8, 4) is 11.6 Å². The lowest BCUT2D eigenvalue weighted by molar-refractivity contribution is -0.117. The highest BCUT2D eigenvalue weighted by molar-refractivity contribution is 6.08. The van der Waals surface area contributed by atoms with E-state index in [4.69, 9.17) is 4.74 Å². The van der Waals surface area contributed by atoms with Gasteiger partial charge < -0.3 is 20.3 Å². The van der Waals surface area contributed by atoms with Gasteiger partial charge in [0.1, 0.15) is 11.4 Å². The molecule has 2 amide bonds. The Hall–Kier alpha value is -3.91. The van der Waals surface area contributed by atoms with Crippen LogP contribution in [0.4, 0.5) is 17.1 Å². The highest BCUT2D eigenvalue weighted by Gasteiger charge is 2.23. The first kappa shape index (κ1) is 20.0. The molecule has 1 fully saturated rings. The van der Waals surface area contributed by atoms with Crippen molar-refractivity contribution in [1.82, 2.24) is 9.88 Å². The molecule has 2 aromatic carbocycles. The number of carbonyl (C=O) groups is 2. The van der Waals surface area contributed by atoms with E-state index in [-0.39, 0.29) is 11.8 Å². The van der Waals surface area contributed by atoms with E-state index in [0.717, 1.165) is 26.2 Å². The zero-order chi connectivity index (χ0) is 21.9. The Balaban J connectivity index is 1.20. The fourth-order valence-corrected chi connectivity index (χ4v) is 3.94. The number of hydrogen-bond donors (Lipinski definition) is 2. The molecule has 2 aliphatic rings. The molecule has 3 heterocycles. The molecule has 2 aliphatic heterocycles. The second-order valence-corrected chi connectivity index (χ2v) is 7.77. The van der Waals surface area contributed by atoms with Crippen LogP contribution in [0.1, 0.15) is 10.4 Å². The Morgan fingerprint density at radius 1 is 1.03 bits per heavy atom. The number of ether oxygens (including phenoxy) is 1. The molecule has 32 heavy (non-hydrogen) atoms. The largest absolute Gasteiger partial charge is 0.436 e. The van der Waals surface area contributed by atoms with Gasteiger partial charge in [-0.2, -0.15) is 0 Å². The summed E-state index contributed by atoms with van der Waals surface area (Å²) in [4.78, 5) is 33.9. The fourth-order valence-electron chi connectivity index (χ4n) is 3.94. The zero-order valence-electron chi connectivity index (χ0n) is 17.5. The summed E-state index contributed by atoms with van der Waals surface area (Å²) in [5.74, 6) is 0.318. The van der Waals surface area contributed by atoms with Gasteiger partial charge in [0.05, 0.1) is 12.1 Å². The van der Waals surface area contributed by atoms with Gasteiger partial charge in [-0.25, -0.2) is 4.98 Å². The van der Waals surface area contributed by atoms with Crippen LogP contribution in [0.5, 0.6) is 11.6 Å². The molecule has 0 radical (unpaired) electrons. The number of fused-ring (bicyclic) bond motifs is 2. The number of amides is 2. The molecule has 8 heteroatoms. The number of pyridine rings is 1. The van der Waals surface area contributed by atoms with E-state index in [2.05, 4.69) is 37.6 Å². The molecular weight excluding hydrogens is 406 g/mol. The molecule has 8 nitrogen and oxygen atoms in total. The van der Waals surface area contributed by atoms with Crippen LogP contribution in [0.2, 0.25) is 0 Å². The van der Waals surface area contributed by atoms with Crippen LogP contribution in [-0.4, -0.2) is 54.4 Å². The second-order valence-electron chi connectivity index (χ2n) is 7.77. The molecule has 0 spiro atoms. The highest BCUT2D eigenvalue weighted by Crippen LogP contribution is 2.34. The molecule has 0 aliphatic carbocycles. The van der Waals surface area contributed by atoms with Crippen LogP contribution in [0.3, 0.4) is 0 Å². The predicted octanol–water partition coefficient (Wildman–Crippen LogP) is 3.20. The number of benzene rings is 2. The smallest absolute Gasteiger partial charge is 0.259 e. The molecule has 0 atom stereocenters. The van der Waals surface area contributed by atoms with Gasteiger partial charge in [0.2, 0.25) is 11.8 Å². The Bertz CT molecular complexity index is 1140. The molecule has 2 N–H and O–H groups in total. The van der Waals surface area contributed by atoms with Crippen molar-refractivity contribution < 1.29 is 14.3 Å². The molecule has 3 aromatic rings. The second kappa shape index (κ2) is 8.68. The number of nitrogens with one attached hydrogen (secondary N) is 2. The van der Waals surface area contributed by atoms with Gasteiger partial charge in [-0.05, 0) is 42.5 Å². The van der Waals surface area contributed by atoms with Gasteiger partial charge in [0.25, 0.3) is 5.91 Å². The van der Waals surface area contributed by atoms with Crippen LogP contribution < -0.4 is 20.3 Å². The summed E-state index contributed by atoms with van der Waals surface area (Å²) >= 11 is 0. The van der Waals surface area contributed by atoms with Gasteiger partial charge in [0.15, 0.2) is 0 Å². The minimum atomic E-state index is -0.306. The number of anilines is 3. The maximum atomic E-state index is 12.6. The first-order valence-electron chi connectivity index (χ1n) is 10.6. The lowest BCUT2D eigenvalue weighted by Gasteiger charge is -2.35. The number of nitrogens with zero attached hydrogens (tertiary/aromatic N) is 3. The van der Waals surface area contributed by atoms with E-state index < -0.39 is 0 Å². The maximum absolute atomic E-state index is 12.6. The highest BCUT2D eigenvalue weighted by atomic mass is 16.5. The van der Waals surface area contributed by atoms with Crippen molar-refractivity contribution in [2.45, 2.75) is 0 Å². The molecular formula is C24H23N5O3. The summed E-state index contributed by atoms with van der Waals surface area (Å²) in [5, 5.41) is 5.69. The van der Waals surface area contributed by atoms with E-state index >= 15 is 0 Å². The minimum Gasteiger partial charge on any atom is -0.436 e. The molecule has 0 saturated carbocycles. The summed E-state index contributed by atoms with van der Waals surface area (Å²) in [6.45, 7) is 3.68. The first-order chi connectivity index (χ1) is 15.7. The van der Waals surface area contributed by atoms with Crippen molar-refractivity contribution in [1.29, 1.82) is 0 Å². The third kappa shape index (κ3) is 4.26. The van der Waals surface area contributed by atoms with Gasteiger partial charge in [0, 0.05) is 43.8 Å². The Labute approximate surface area is 185 Å². The third-order valence-corrected chi connectivity index (χ3v) is 5.59. The van der Waals surface area contributed by atoms with Gasteiger partial charge in [-0.1, -0.05) is 18.2 Å². The summed E-state index contributed by atoms with van der Waals surface area (Å²) < 4.78 is 5.78. The number of hydrogen-bond acceptors (Lipinski definition) is 6. The number of piperazine rings is 1. The van der Waals surface area contributed by atoms with Crippen molar-refractivity contribution in [3.63, 3.8) is 0 Å². The Morgan fingerprint density at radius 2 is 1.84 bits per heavy atom. The third-order valence-electron chi connectivity index (χ3n) is 5.59. The average Bonchev–Trinajstić information content (AvgIpc) is 2.96. The Kier molecular flexibility index (Phi) is 5.43. The maximum Gasteiger partial charge on any atom is 0.259 e. The van der Waals surface area contributed by atoms with Crippen LogP contribution in [0.15, 0.2) is 66.9 Å². The van der Waals surface area contributed by atoms with E-state index in [0.29, 0.717) is 35.1 Å². The first-order valence-corrected chi connectivity index (χ1v) is 10.6. The van der Waals surface area contributed by atoms with Crippen LogP contribution in [-0.2, 0) is 4.79 Å². The lowest BCUT2D eigenvalue weighted by Crippen LogP contribution is -2.48. The van der Waals surface area contributed by atoms with E-state index in [1.165, 1.54) is 5.69 Å². The monoisotopic (exact) mass is 429 g/mol. The molecule has 1 saturated heterocycles. The van der Waals surface area contributed by atoms with Gasteiger partial charge >= 0.3 is 0 Å². The summed E-state index contributed by atoms with van der Waals surface area (Å²) in [5.41, 5.74) is 2.61. The summed E-state index contributed by atoms with van der Waals surface area (Å²) in [7, 11) is 0. The van der Waals surface area contributed by atoms with Crippen molar-refractivity contribution >= 4 is 28.9 Å². The SMILES string of the molecule is O=C(CN1CCN(c2ccccc2)CC1)Nc1ccc2c(c1)C(=O)Nc1cccnc1O2. The normalized spacial score (nSPS) is 15.6. The molecule has 162 valence electrons. The molecule has 0 unspecified atom stereocenters. The summed E-state index contributed by atoms with van der Waals surface area (Å²) in [6, 6.07) is 18.8. The molecule has 1 aromatic heterocycles. The van der Waals surface area contributed by atoms with Crippen LogP contribution >= 0.6 is 0 Å². The van der Waals surface area contributed by atoms with Crippen molar-refractivity contribution in [3.05, 3.63) is 72.4 Å². The van der Waals surface area contributed by atoms with Crippen molar-refractivity contribution in [2.24, 2.45) is 0 Å². The van der Waals surface area contributed by atoms with E-state index in [1.807, 2.05) is 18.2 Å². The summed E-state index contributed by atoms with van der Waals surface area (Å²) in [6.07, 6.45) is 1.60. The quantitative estimate of drug-likeness (QED) is 0.662. The number of rotatable bonds is 4. The zero-order valence-corrected chi connectivity index (χ0v) is 17.5.